The zero-order valence-electron chi connectivity index (χ0n) is 12.3. The highest BCUT2D eigenvalue weighted by Gasteiger charge is 2.44. The summed E-state index contributed by atoms with van der Waals surface area (Å²) in [7, 11) is 0. The van der Waals surface area contributed by atoms with Crippen LogP contribution in [0.2, 0.25) is 0 Å². The van der Waals surface area contributed by atoms with Gasteiger partial charge in [0.05, 0.1) is 0 Å². The van der Waals surface area contributed by atoms with Gasteiger partial charge >= 0.3 is 0 Å². The smallest absolute Gasteiger partial charge is 0.0308 e. The van der Waals surface area contributed by atoms with E-state index in [1.807, 2.05) is 0 Å². The molecule has 1 saturated heterocycles. The van der Waals surface area contributed by atoms with Gasteiger partial charge in [-0.1, -0.05) is 13.3 Å². The van der Waals surface area contributed by atoms with Gasteiger partial charge in [-0.15, -0.1) is 0 Å². The minimum atomic E-state index is 0.412. The van der Waals surface area contributed by atoms with Gasteiger partial charge in [-0.3, -0.25) is 0 Å². The van der Waals surface area contributed by atoms with Crippen molar-refractivity contribution in [2.24, 2.45) is 11.3 Å². The van der Waals surface area contributed by atoms with Crippen LogP contribution in [0, 0.1) is 11.3 Å². The molecule has 3 rings (SSSR count). The van der Waals surface area contributed by atoms with Crippen molar-refractivity contribution in [2.45, 2.75) is 64.3 Å². The fourth-order valence-corrected chi connectivity index (χ4v) is 4.18. The first-order chi connectivity index (χ1) is 8.66. The van der Waals surface area contributed by atoms with Crippen LogP contribution in [0.25, 0.3) is 0 Å². The second kappa shape index (κ2) is 4.79. The van der Waals surface area contributed by atoms with Crippen LogP contribution < -0.4 is 5.32 Å². The van der Waals surface area contributed by atoms with Crippen LogP contribution in [0.1, 0.15) is 58.8 Å². The Kier molecular flexibility index (Phi) is 3.44. The normalized spacial score (nSPS) is 37.0. The van der Waals surface area contributed by atoms with Crippen LogP contribution in [0.4, 0.5) is 0 Å². The largest absolute Gasteiger partial charge is 0.310 e. The van der Waals surface area contributed by atoms with Gasteiger partial charge in [0.25, 0.3) is 0 Å². The molecular formula is C16H30N2. The van der Waals surface area contributed by atoms with Gasteiger partial charge in [0, 0.05) is 18.6 Å². The zero-order chi connectivity index (χ0) is 12.6. The van der Waals surface area contributed by atoms with Crippen LogP contribution in [0.15, 0.2) is 0 Å². The van der Waals surface area contributed by atoms with Crippen molar-refractivity contribution in [2.75, 3.05) is 26.2 Å². The average Bonchev–Trinajstić information content (AvgIpc) is 3.11. The molecule has 2 heteroatoms. The van der Waals surface area contributed by atoms with Gasteiger partial charge in [-0.05, 0) is 69.9 Å². The van der Waals surface area contributed by atoms with E-state index in [0.717, 1.165) is 5.92 Å². The van der Waals surface area contributed by atoms with E-state index >= 15 is 0 Å². The Hall–Kier alpha value is -0.0800. The number of hydrogen-bond donors (Lipinski definition) is 1. The van der Waals surface area contributed by atoms with Gasteiger partial charge in [0.1, 0.15) is 0 Å². The Bertz CT molecular complexity index is 288. The summed E-state index contributed by atoms with van der Waals surface area (Å²) in [6.45, 7) is 10.1. The molecule has 1 atom stereocenters. The maximum Gasteiger partial charge on any atom is 0.0308 e. The number of nitrogens with one attached hydrogen (secondary N) is 1. The van der Waals surface area contributed by atoms with E-state index < -0.39 is 0 Å². The lowest BCUT2D eigenvalue weighted by Crippen LogP contribution is -2.53. The van der Waals surface area contributed by atoms with E-state index in [0.29, 0.717) is 11.0 Å². The number of nitrogens with zero attached hydrogens (tertiary/aromatic N) is 1. The zero-order valence-corrected chi connectivity index (χ0v) is 12.3. The monoisotopic (exact) mass is 250 g/mol. The van der Waals surface area contributed by atoms with Crippen LogP contribution in [0.5, 0.6) is 0 Å². The van der Waals surface area contributed by atoms with Crippen molar-refractivity contribution < 1.29 is 0 Å². The summed E-state index contributed by atoms with van der Waals surface area (Å²) in [5, 5.41) is 3.85. The first-order valence-electron chi connectivity index (χ1n) is 8.13. The summed E-state index contributed by atoms with van der Waals surface area (Å²) in [6, 6.07) is 0. The first kappa shape index (κ1) is 12.9. The van der Waals surface area contributed by atoms with E-state index in [2.05, 4.69) is 24.1 Å². The van der Waals surface area contributed by atoms with E-state index in [1.54, 1.807) is 0 Å². The quantitative estimate of drug-likeness (QED) is 0.825. The van der Waals surface area contributed by atoms with Crippen LogP contribution in [-0.2, 0) is 0 Å². The molecule has 2 saturated carbocycles. The van der Waals surface area contributed by atoms with Crippen molar-refractivity contribution in [3.05, 3.63) is 0 Å². The fraction of sp³-hybridized carbons (Fsp3) is 1.00. The predicted molar refractivity (Wildman–Crippen MR) is 76.8 cm³/mol. The molecule has 1 unspecified atom stereocenters. The highest BCUT2D eigenvalue weighted by Crippen LogP contribution is 2.45. The van der Waals surface area contributed by atoms with Crippen molar-refractivity contribution in [3.63, 3.8) is 0 Å². The molecule has 1 aliphatic heterocycles. The van der Waals surface area contributed by atoms with Crippen molar-refractivity contribution in [1.29, 1.82) is 0 Å². The van der Waals surface area contributed by atoms with Gasteiger partial charge < -0.3 is 10.2 Å². The first-order valence-corrected chi connectivity index (χ1v) is 8.13. The lowest BCUT2D eigenvalue weighted by Gasteiger charge is -2.46. The van der Waals surface area contributed by atoms with E-state index in [-0.39, 0.29) is 0 Å². The Labute approximate surface area is 113 Å². The molecule has 0 aromatic carbocycles. The summed E-state index contributed by atoms with van der Waals surface area (Å²) >= 11 is 0. The van der Waals surface area contributed by atoms with Crippen molar-refractivity contribution >= 4 is 0 Å². The predicted octanol–water partition coefficient (Wildman–Crippen LogP) is 3.03. The molecule has 0 spiro atoms. The molecule has 0 amide bonds. The maximum atomic E-state index is 3.85. The summed E-state index contributed by atoms with van der Waals surface area (Å²) in [4.78, 5) is 2.79. The van der Waals surface area contributed by atoms with Gasteiger partial charge in [-0.2, -0.15) is 0 Å². The number of rotatable bonds is 4. The molecule has 0 bridgehead atoms. The lowest BCUT2D eigenvalue weighted by atomic mass is 9.66. The highest BCUT2D eigenvalue weighted by atomic mass is 15.2. The molecule has 2 nitrogen and oxygen atoms in total. The van der Waals surface area contributed by atoms with Crippen molar-refractivity contribution in [1.82, 2.24) is 10.2 Å². The van der Waals surface area contributed by atoms with E-state index in [1.165, 1.54) is 71.1 Å². The molecule has 0 aromatic rings. The standard InChI is InChI=1S/C16H30N2/c1-3-16(8-4-9-16)13-18-11-5-10-17-15(2,12-18)14-6-7-14/h14,17H,3-13H2,1-2H3. The molecule has 0 aromatic heterocycles. The van der Waals surface area contributed by atoms with E-state index in [4.69, 9.17) is 0 Å². The molecule has 3 fully saturated rings. The minimum Gasteiger partial charge on any atom is -0.310 e. The topological polar surface area (TPSA) is 15.3 Å². The van der Waals surface area contributed by atoms with Gasteiger partial charge in [-0.25, -0.2) is 0 Å². The summed E-state index contributed by atoms with van der Waals surface area (Å²) in [6.07, 6.45) is 10.1. The Morgan fingerprint density at radius 1 is 1.22 bits per heavy atom. The average molecular weight is 250 g/mol. The minimum absolute atomic E-state index is 0.412. The Morgan fingerprint density at radius 2 is 2.00 bits per heavy atom. The third-order valence-corrected chi connectivity index (χ3v) is 5.93. The summed E-state index contributed by atoms with van der Waals surface area (Å²) in [5.74, 6) is 0.956. The molecule has 1 N–H and O–H groups in total. The van der Waals surface area contributed by atoms with Crippen LogP contribution in [0.3, 0.4) is 0 Å². The molecule has 1 heterocycles. The maximum absolute atomic E-state index is 3.85. The fourth-order valence-electron chi connectivity index (χ4n) is 4.18. The molecule has 104 valence electrons. The van der Waals surface area contributed by atoms with Crippen LogP contribution in [-0.4, -0.2) is 36.6 Å². The second-order valence-electron chi connectivity index (χ2n) is 7.39. The molecule has 0 radical (unpaired) electrons. The SMILES string of the molecule is CCC1(CN2CCCNC(C)(C3CC3)C2)CCC1. The second-order valence-corrected chi connectivity index (χ2v) is 7.39. The molecular weight excluding hydrogens is 220 g/mol. The van der Waals surface area contributed by atoms with Crippen molar-refractivity contribution in [3.8, 4) is 0 Å². The Balaban J connectivity index is 1.63. The number of hydrogen-bond acceptors (Lipinski definition) is 2. The van der Waals surface area contributed by atoms with Gasteiger partial charge in [0.2, 0.25) is 0 Å². The third-order valence-electron chi connectivity index (χ3n) is 5.93. The summed E-state index contributed by atoms with van der Waals surface area (Å²) in [5.41, 5.74) is 1.10. The third kappa shape index (κ3) is 2.46. The Morgan fingerprint density at radius 3 is 2.56 bits per heavy atom. The molecule has 2 aliphatic carbocycles. The summed E-state index contributed by atoms with van der Waals surface area (Å²) < 4.78 is 0. The molecule has 3 aliphatic rings. The van der Waals surface area contributed by atoms with Crippen LogP contribution >= 0.6 is 0 Å². The van der Waals surface area contributed by atoms with E-state index in [9.17, 15) is 0 Å². The molecule has 18 heavy (non-hydrogen) atoms. The highest BCUT2D eigenvalue weighted by molar-refractivity contribution is 5.02. The van der Waals surface area contributed by atoms with Gasteiger partial charge in [0.15, 0.2) is 0 Å². The lowest BCUT2D eigenvalue weighted by molar-refractivity contribution is 0.0524.